The number of carbonyl (C=O) groups excluding carboxylic acids is 1. The Labute approximate surface area is 121 Å². The lowest BCUT2D eigenvalue weighted by molar-refractivity contribution is 0.0710. The minimum Gasteiger partial charge on any atom is -0.391 e. The summed E-state index contributed by atoms with van der Waals surface area (Å²) in [6.45, 7) is 2.00. The van der Waals surface area contributed by atoms with Crippen molar-refractivity contribution in [3.05, 3.63) is 53.4 Å². The first-order valence-corrected chi connectivity index (χ1v) is 6.80. The van der Waals surface area contributed by atoms with E-state index in [1.165, 1.54) is 18.3 Å². The van der Waals surface area contributed by atoms with Crippen LogP contribution in [0.5, 0.6) is 0 Å². The zero-order valence-corrected chi connectivity index (χ0v) is 11.6. The summed E-state index contributed by atoms with van der Waals surface area (Å²) < 4.78 is 13.4. The van der Waals surface area contributed by atoms with E-state index in [1.807, 2.05) is 0 Å². The molecule has 2 aromatic rings. The third-order valence-corrected chi connectivity index (χ3v) is 3.71. The van der Waals surface area contributed by atoms with Crippen LogP contribution in [0.25, 0.3) is 0 Å². The summed E-state index contributed by atoms with van der Waals surface area (Å²) in [4.78, 5) is 21.0. The summed E-state index contributed by atoms with van der Waals surface area (Å²) in [5.74, 6) is 0.0699. The summed E-state index contributed by atoms with van der Waals surface area (Å²) in [6, 6.07) is 5.81. The summed E-state index contributed by atoms with van der Waals surface area (Å²) in [7, 11) is 0. The average Bonchev–Trinajstić information content (AvgIpc) is 3.04. The predicted octanol–water partition coefficient (Wildman–Crippen LogP) is 1.81. The summed E-state index contributed by atoms with van der Waals surface area (Å²) in [6.07, 6.45) is 1.28. The van der Waals surface area contributed by atoms with Crippen LogP contribution in [0.1, 0.15) is 34.3 Å². The van der Waals surface area contributed by atoms with Gasteiger partial charge in [-0.15, -0.1) is 0 Å². The zero-order chi connectivity index (χ0) is 15.0. The van der Waals surface area contributed by atoms with Gasteiger partial charge in [0.05, 0.1) is 18.3 Å². The van der Waals surface area contributed by atoms with Crippen LogP contribution in [0.4, 0.5) is 4.39 Å². The normalized spacial score (nSPS) is 21.8. The maximum atomic E-state index is 13.4. The van der Waals surface area contributed by atoms with E-state index >= 15 is 0 Å². The number of H-pyrrole nitrogens is 1. The second-order valence-corrected chi connectivity index (χ2v) is 5.30. The highest BCUT2D eigenvalue weighted by molar-refractivity contribution is 5.92. The van der Waals surface area contributed by atoms with Crippen LogP contribution < -0.4 is 0 Å². The van der Waals surface area contributed by atoms with Crippen LogP contribution in [-0.2, 0) is 0 Å². The molecular formula is C15H16FN3O2. The number of aromatic nitrogens is 2. The number of aryl methyl sites for hydroxylation is 1. The molecule has 1 amide bonds. The van der Waals surface area contributed by atoms with E-state index in [2.05, 4.69) is 9.97 Å². The summed E-state index contributed by atoms with van der Waals surface area (Å²) in [5, 5.41) is 9.89. The van der Waals surface area contributed by atoms with E-state index < -0.39 is 6.10 Å². The number of benzene rings is 1. The Kier molecular flexibility index (Phi) is 3.47. The van der Waals surface area contributed by atoms with Crippen molar-refractivity contribution in [3.8, 4) is 0 Å². The van der Waals surface area contributed by atoms with E-state index in [0.717, 1.165) is 0 Å². The quantitative estimate of drug-likeness (QED) is 0.886. The molecule has 1 fully saturated rings. The number of aliphatic hydroxyl groups excluding tert-OH is 1. The molecule has 5 nitrogen and oxygen atoms in total. The Morgan fingerprint density at radius 1 is 1.52 bits per heavy atom. The average molecular weight is 289 g/mol. The number of likely N-dealkylation sites (tertiary alicyclic amines) is 1. The number of rotatable bonds is 2. The number of hydrogen-bond donors (Lipinski definition) is 2. The van der Waals surface area contributed by atoms with Gasteiger partial charge in [0.15, 0.2) is 0 Å². The van der Waals surface area contributed by atoms with E-state index in [1.54, 1.807) is 24.0 Å². The van der Waals surface area contributed by atoms with Crippen molar-refractivity contribution >= 4 is 5.91 Å². The number of halogens is 1. The second kappa shape index (κ2) is 5.29. The van der Waals surface area contributed by atoms with E-state index in [-0.39, 0.29) is 24.3 Å². The Hall–Kier alpha value is -2.21. The first-order valence-electron chi connectivity index (χ1n) is 6.80. The highest BCUT2D eigenvalue weighted by atomic mass is 19.1. The molecule has 3 rings (SSSR count). The van der Waals surface area contributed by atoms with Crippen molar-refractivity contribution in [1.82, 2.24) is 14.9 Å². The molecule has 110 valence electrons. The molecule has 0 bridgehead atoms. The molecule has 0 saturated carbocycles. The van der Waals surface area contributed by atoms with Gasteiger partial charge in [0.2, 0.25) is 0 Å². The number of carbonyl (C=O) groups is 1. The number of nitrogens with zero attached hydrogens (tertiary/aromatic N) is 2. The van der Waals surface area contributed by atoms with E-state index in [0.29, 0.717) is 23.5 Å². The molecule has 1 aliphatic heterocycles. The molecule has 1 aliphatic rings. The monoisotopic (exact) mass is 289 g/mol. The van der Waals surface area contributed by atoms with E-state index in [4.69, 9.17) is 0 Å². The highest BCUT2D eigenvalue weighted by Gasteiger charge is 2.36. The highest BCUT2D eigenvalue weighted by Crippen LogP contribution is 2.33. The van der Waals surface area contributed by atoms with Gasteiger partial charge in [-0.3, -0.25) is 4.79 Å². The van der Waals surface area contributed by atoms with Crippen LogP contribution in [0.3, 0.4) is 0 Å². The molecule has 6 heteroatoms. The first-order chi connectivity index (χ1) is 10.0. The van der Waals surface area contributed by atoms with Gasteiger partial charge in [-0.25, -0.2) is 9.37 Å². The number of aromatic amines is 1. The minimum atomic E-state index is -0.605. The topological polar surface area (TPSA) is 69.2 Å². The van der Waals surface area contributed by atoms with Gasteiger partial charge in [-0.1, -0.05) is 12.1 Å². The predicted molar refractivity (Wildman–Crippen MR) is 74.1 cm³/mol. The fourth-order valence-corrected chi connectivity index (χ4v) is 2.75. The molecule has 1 aromatic carbocycles. The standard InChI is InChI=1S/C15H16FN3O2/c1-9-17-7-13(18-9)15(21)19-8-12(20)6-14(19)10-3-2-4-11(16)5-10/h2-5,7,12,14,20H,6,8H2,1H3,(H,17,18)/t12-,14+/m0/s1. The van der Waals surface area contributed by atoms with Crippen molar-refractivity contribution < 1.29 is 14.3 Å². The minimum absolute atomic E-state index is 0.234. The Morgan fingerprint density at radius 2 is 2.33 bits per heavy atom. The second-order valence-electron chi connectivity index (χ2n) is 5.30. The molecule has 1 saturated heterocycles. The van der Waals surface area contributed by atoms with Gasteiger partial charge < -0.3 is 15.0 Å². The number of imidazole rings is 1. The van der Waals surface area contributed by atoms with Gasteiger partial charge in [-0.05, 0) is 31.0 Å². The lowest BCUT2D eigenvalue weighted by Gasteiger charge is -2.24. The Bertz CT molecular complexity index is 670. The van der Waals surface area contributed by atoms with Crippen LogP contribution in [0.15, 0.2) is 30.5 Å². The van der Waals surface area contributed by atoms with Gasteiger partial charge in [-0.2, -0.15) is 0 Å². The summed E-state index contributed by atoms with van der Waals surface area (Å²) >= 11 is 0. The fraction of sp³-hybridized carbons (Fsp3) is 0.333. The molecule has 2 heterocycles. The number of aliphatic hydroxyl groups is 1. The number of amides is 1. The van der Waals surface area contributed by atoms with Crippen LogP contribution in [-0.4, -0.2) is 38.5 Å². The smallest absolute Gasteiger partial charge is 0.272 e. The molecule has 1 aromatic heterocycles. The van der Waals surface area contributed by atoms with Crippen LogP contribution >= 0.6 is 0 Å². The Morgan fingerprint density at radius 3 is 3.00 bits per heavy atom. The zero-order valence-electron chi connectivity index (χ0n) is 11.6. The lowest BCUT2D eigenvalue weighted by Crippen LogP contribution is -2.32. The van der Waals surface area contributed by atoms with E-state index in [9.17, 15) is 14.3 Å². The molecule has 0 spiro atoms. The molecular weight excluding hydrogens is 273 g/mol. The number of hydrogen-bond acceptors (Lipinski definition) is 3. The third kappa shape index (κ3) is 2.67. The van der Waals surface area contributed by atoms with Crippen molar-refractivity contribution in [1.29, 1.82) is 0 Å². The van der Waals surface area contributed by atoms with Crippen molar-refractivity contribution in [2.24, 2.45) is 0 Å². The lowest BCUT2D eigenvalue weighted by atomic mass is 10.0. The SMILES string of the molecule is Cc1ncc(C(=O)N2C[C@@H](O)C[C@@H]2c2cccc(F)c2)[nH]1. The van der Waals surface area contributed by atoms with Crippen molar-refractivity contribution in [2.75, 3.05) is 6.54 Å². The molecule has 2 N–H and O–H groups in total. The largest absolute Gasteiger partial charge is 0.391 e. The maximum absolute atomic E-state index is 13.4. The number of nitrogens with one attached hydrogen (secondary N) is 1. The fourth-order valence-electron chi connectivity index (χ4n) is 2.75. The first kappa shape index (κ1) is 13.8. The molecule has 0 radical (unpaired) electrons. The molecule has 0 unspecified atom stereocenters. The molecule has 21 heavy (non-hydrogen) atoms. The third-order valence-electron chi connectivity index (χ3n) is 3.71. The van der Waals surface area contributed by atoms with Crippen molar-refractivity contribution in [2.45, 2.75) is 25.5 Å². The number of β-amino-alcohol motifs (C(OH)–C–C–N with tert-alkyl or cyclic N) is 1. The maximum Gasteiger partial charge on any atom is 0.272 e. The van der Waals surface area contributed by atoms with Gasteiger partial charge in [0.25, 0.3) is 5.91 Å². The summed E-state index contributed by atoms with van der Waals surface area (Å²) in [5.41, 5.74) is 1.07. The molecule has 0 aliphatic carbocycles. The van der Waals surface area contributed by atoms with Crippen molar-refractivity contribution in [3.63, 3.8) is 0 Å². The van der Waals surface area contributed by atoms with Gasteiger partial charge in [0.1, 0.15) is 17.3 Å². The Balaban J connectivity index is 1.91. The van der Waals surface area contributed by atoms with Gasteiger partial charge >= 0.3 is 0 Å². The molecule has 2 atom stereocenters. The van der Waals surface area contributed by atoms with Crippen LogP contribution in [0.2, 0.25) is 0 Å². The van der Waals surface area contributed by atoms with Crippen LogP contribution in [0, 0.1) is 12.7 Å². The van der Waals surface area contributed by atoms with Gasteiger partial charge in [0, 0.05) is 6.54 Å².